The van der Waals surface area contributed by atoms with E-state index in [1.54, 1.807) is 0 Å². The van der Waals surface area contributed by atoms with E-state index in [2.05, 4.69) is 0 Å². The molecule has 0 spiro atoms. The molecule has 0 heterocycles. The summed E-state index contributed by atoms with van der Waals surface area (Å²) < 4.78 is 0. The predicted octanol–water partition coefficient (Wildman–Crippen LogP) is 2.42. The van der Waals surface area contributed by atoms with Crippen LogP contribution in [0.2, 0.25) is 5.02 Å². The number of amides is 1. The molecule has 2 atom stereocenters. The molecule has 1 fully saturated rings. The van der Waals surface area contributed by atoms with Crippen molar-refractivity contribution in [1.82, 2.24) is 4.90 Å². The maximum absolute atomic E-state index is 12.8. The molecule has 1 saturated carbocycles. The van der Waals surface area contributed by atoms with Gasteiger partial charge in [-0.3, -0.25) is 4.79 Å². The van der Waals surface area contributed by atoms with Gasteiger partial charge in [0, 0.05) is 18.1 Å². The van der Waals surface area contributed by atoms with Gasteiger partial charge in [-0.15, -0.1) is 0 Å². The molecule has 0 aromatic heterocycles. The van der Waals surface area contributed by atoms with Gasteiger partial charge in [0.15, 0.2) is 0 Å². The number of hydrogen-bond acceptors (Lipinski definition) is 2. The summed E-state index contributed by atoms with van der Waals surface area (Å²) in [6.07, 6.45) is 0.833. The summed E-state index contributed by atoms with van der Waals surface area (Å²) in [5, 5.41) is 0.673. The summed E-state index contributed by atoms with van der Waals surface area (Å²) in [6.45, 7) is 6.02. The third kappa shape index (κ3) is 2.37. The summed E-state index contributed by atoms with van der Waals surface area (Å²) in [6, 6.07) is 7.63. The van der Waals surface area contributed by atoms with Crippen LogP contribution >= 0.6 is 11.6 Å². The minimum atomic E-state index is -0.439. The Balaban J connectivity index is 2.37. The number of halogens is 1. The van der Waals surface area contributed by atoms with E-state index in [9.17, 15) is 4.79 Å². The zero-order chi connectivity index (χ0) is 14.0. The van der Waals surface area contributed by atoms with Gasteiger partial charge in [0.25, 0.3) is 0 Å². The summed E-state index contributed by atoms with van der Waals surface area (Å²) >= 11 is 6.07. The molecule has 19 heavy (non-hydrogen) atoms. The Bertz CT molecular complexity index is 473. The number of benzene rings is 1. The van der Waals surface area contributed by atoms with E-state index in [1.807, 2.05) is 43.0 Å². The molecule has 0 saturated heterocycles. The fraction of sp³-hybridized carbons (Fsp3) is 0.533. The number of rotatable bonds is 5. The van der Waals surface area contributed by atoms with Crippen molar-refractivity contribution in [3.63, 3.8) is 0 Å². The van der Waals surface area contributed by atoms with Crippen molar-refractivity contribution in [1.29, 1.82) is 0 Å². The maximum Gasteiger partial charge on any atom is 0.233 e. The summed E-state index contributed by atoms with van der Waals surface area (Å²) in [4.78, 5) is 14.7. The van der Waals surface area contributed by atoms with E-state index in [4.69, 9.17) is 17.3 Å². The molecular formula is C15H21ClN2O. The normalized spacial score (nSPS) is 25.2. The maximum atomic E-state index is 12.8. The van der Waals surface area contributed by atoms with Gasteiger partial charge in [0.2, 0.25) is 5.91 Å². The molecule has 4 heteroatoms. The van der Waals surface area contributed by atoms with Crippen LogP contribution in [0.15, 0.2) is 24.3 Å². The molecule has 1 aliphatic rings. The minimum absolute atomic E-state index is 0.190. The van der Waals surface area contributed by atoms with E-state index >= 15 is 0 Å². The Hall–Kier alpha value is -1.06. The Kier molecular flexibility index (Phi) is 4.16. The average Bonchev–Trinajstić information content (AvgIpc) is 3.15. The van der Waals surface area contributed by atoms with Crippen LogP contribution in [0.1, 0.15) is 25.8 Å². The standard InChI is InChI=1S/C15H21ClN2O/c1-3-18(4-2)14(19)15(9-12(15)10-17)11-6-5-7-13(16)8-11/h5-8,12H,3-4,9-10,17H2,1-2H3/t12-,15+/m0/s1. The zero-order valence-electron chi connectivity index (χ0n) is 11.5. The Morgan fingerprint density at radius 1 is 1.47 bits per heavy atom. The first-order chi connectivity index (χ1) is 9.09. The van der Waals surface area contributed by atoms with Crippen LogP contribution in [-0.2, 0) is 10.2 Å². The highest BCUT2D eigenvalue weighted by molar-refractivity contribution is 6.30. The smallest absolute Gasteiger partial charge is 0.233 e. The third-order valence-electron chi connectivity index (χ3n) is 4.16. The lowest BCUT2D eigenvalue weighted by atomic mass is 9.91. The average molecular weight is 281 g/mol. The van der Waals surface area contributed by atoms with Crippen LogP contribution in [0.3, 0.4) is 0 Å². The summed E-state index contributed by atoms with van der Waals surface area (Å²) in [7, 11) is 0. The number of hydrogen-bond donors (Lipinski definition) is 1. The van der Waals surface area contributed by atoms with E-state index < -0.39 is 5.41 Å². The minimum Gasteiger partial charge on any atom is -0.342 e. The predicted molar refractivity (Wildman–Crippen MR) is 78.2 cm³/mol. The van der Waals surface area contributed by atoms with E-state index in [1.165, 1.54) is 0 Å². The number of carbonyl (C=O) groups is 1. The highest BCUT2D eigenvalue weighted by Crippen LogP contribution is 2.55. The fourth-order valence-corrected chi connectivity index (χ4v) is 3.10. The number of carbonyl (C=O) groups excluding carboxylic acids is 1. The van der Waals surface area contributed by atoms with E-state index in [-0.39, 0.29) is 11.8 Å². The van der Waals surface area contributed by atoms with Crippen LogP contribution in [0.5, 0.6) is 0 Å². The van der Waals surface area contributed by atoms with Crippen LogP contribution < -0.4 is 5.73 Å². The number of nitrogens with zero attached hydrogens (tertiary/aromatic N) is 1. The van der Waals surface area contributed by atoms with Gasteiger partial charge in [0.1, 0.15) is 0 Å². The summed E-state index contributed by atoms with van der Waals surface area (Å²) in [5.74, 6) is 0.425. The quantitative estimate of drug-likeness (QED) is 0.900. The lowest BCUT2D eigenvalue weighted by Gasteiger charge is -2.26. The van der Waals surface area contributed by atoms with Gasteiger partial charge in [-0.2, -0.15) is 0 Å². The second-order valence-electron chi connectivity index (χ2n) is 5.10. The lowest BCUT2D eigenvalue weighted by Crippen LogP contribution is -2.40. The highest BCUT2D eigenvalue weighted by atomic mass is 35.5. The van der Waals surface area contributed by atoms with Crippen LogP contribution in [0, 0.1) is 5.92 Å². The monoisotopic (exact) mass is 280 g/mol. The molecule has 3 nitrogen and oxygen atoms in total. The molecule has 1 aliphatic carbocycles. The van der Waals surface area contributed by atoms with Crippen molar-refractivity contribution in [2.24, 2.45) is 11.7 Å². The summed E-state index contributed by atoms with van der Waals surface area (Å²) in [5.41, 5.74) is 6.37. The molecule has 0 unspecified atom stereocenters. The first-order valence-electron chi connectivity index (χ1n) is 6.85. The van der Waals surface area contributed by atoms with Crippen LogP contribution in [0.25, 0.3) is 0 Å². The van der Waals surface area contributed by atoms with E-state index in [0.717, 1.165) is 25.1 Å². The molecule has 1 aromatic rings. The number of nitrogens with two attached hydrogens (primary N) is 1. The largest absolute Gasteiger partial charge is 0.342 e. The zero-order valence-corrected chi connectivity index (χ0v) is 12.3. The molecule has 104 valence electrons. The van der Waals surface area contributed by atoms with Gasteiger partial charge in [-0.05, 0) is 50.4 Å². The molecule has 0 aliphatic heterocycles. The van der Waals surface area contributed by atoms with Crippen molar-refractivity contribution < 1.29 is 4.79 Å². The molecular weight excluding hydrogens is 260 g/mol. The number of likely N-dealkylation sites (N-methyl/N-ethyl adjacent to an activating group) is 1. The Morgan fingerprint density at radius 3 is 2.63 bits per heavy atom. The Morgan fingerprint density at radius 2 is 2.16 bits per heavy atom. The van der Waals surface area contributed by atoms with Crippen molar-refractivity contribution in [2.75, 3.05) is 19.6 Å². The van der Waals surface area contributed by atoms with Crippen LogP contribution in [0.4, 0.5) is 0 Å². The second-order valence-corrected chi connectivity index (χ2v) is 5.53. The van der Waals surface area contributed by atoms with Crippen molar-refractivity contribution in [2.45, 2.75) is 25.7 Å². The first-order valence-corrected chi connectivity index (χ1v) is 7.23. The van der Waals surface area contributed by atoms with Crippen molar-refractivity contribution in [3.8, 4) is 0 Å². The fourth-order valence-electron chi connectivity index (χ4n) is 2.91. The first kappa shape index (κ1) is 14.4. The second kappa shape index (κ2) is 5.51. The van der Waals surface area contributed by atoms with Gasteiger partial charge in [-0.1, -0.05) is 23.7 Å². The molecule has 0 bridgehead atoms. The van der Waals surface area contributed by atoms with Crippen LogP contribution in [-0.4, -0.2) is 30.4 Å². The lowest BCUT2D eigenvalue weighted by molar-refractivity contribution is -0.134. The molecule has 1 aromatic carbocycles. The van der Waals surface area contributed by atoms with Crippen molar-refractivity contribution >= 4 is 17.5 Å². The van der Waals surface area contributed by atoms with Gasteiger partial charge in [-0.25, -0.2) is 0 Å². The molecule has 2 rings (SSSR count). The highest BCUT2D eigenvalue weighted by Gasteiger charge is 2.61. The Labute approximate surface area is 119 Å². The molecule has 0 radical (unpaired) electrons. The molecule has 2 N–H and O–H groups in total. The third-order valence-corrected chi connectivity index (χ3v) is 4.40. The van der Waals surface area contributed by atoms with Crippen molar-refractivity contribution in [3.05, 3.63) is 34.9 Å². The van der Waals surface area contributed by atoms with Gasteiger partial charge in [0.05, 0.1) is 5.41 Å². The SMILES string of the molecule is CCN(CC)C(=O)[C@@]1(c2cccc(Cl)c2)C[C@H]1CN. The van der Waals surface area contributed by atoms with Gasteiger partial charge >= 0.3 is 0 Å². The van der Waals surface area contributed by atoms with E-state index in [0.29, 0.717) is 11.6 Å². The molecule has 1 amide bonds. The topological polar surface area (TPSA) is 46.3 Å². The van der Waals surface area contributed by atoms with Gasteiger partial charge < -0.3 is 10.6 Å².